The van der Waals surface area contributed by atoms with Crippen molar-refractivity contribution in [2.45, 2.75) is 32.1 Å². The van der Waals surface area contributed by atoms with E-state index in [9.17, 15) is 4.79 Å². The Morgan fingerprint density at radius 2 is 2.00 bits per heavy atom. The van der Waals surface area contributed by atoms with Crippen molar-refractivity contribution in [2.24, 2.45) is 5.73 Å². The highest BCUT2D eigenvalue weighted by Gasteiger charge is 2.11. The van der Waals surface area contributed by atoms with Crippen LogP contribution in [0.1, 0.15) is 32.1 Å². The number of hydrogen-bond donors (Lipinski definition) is 2. The normalized spacial score (nSPS) is 15.9. The van der Waals surface area contributed by atoms with Crippen LogP contribution in [0.25, 0.3) is 0 Å². The highest BCUT2D eigenvalue weighted by atomic mass is 16.1. The topological polar surface area (TPSA) is 71.2 Å². The molecule has 2 heterocycles. The maximum atomic E-state index is 11.4. The number of carbonyl (C=O) groups excluding carboxylic acids is 1. The number of rotatable bonds is 4. The van der Waals surface area contributed by atoms with E-state index in [1.54, 1.807) is 6.20 Å². The molecule has 0 saturated carbocycles. The van der Waals surface area contributed by atoms with Crippen molar-refractivity contribution >= 4 is 17.4 Å². The van der Waals surface area contributed by atoms with E-state index < -0.39 is 0 Å². The SMILES string of the molecule is NCCC(=O)Nc1ccc(N2CCCCCC2)nc1. The standard InChI is InChI=1S/C14H22N4O/c15-8-7-14(19)17-12-5-6-13(16-11-12)18-9-3-1-2-4-10-18/h5-6,11H,1-4,7-10,15H2,(H,17,19). The van der Waals surface area contributed by atoms with Crippen molar-refractivity contribution in [3.8, 4) is 0 Å². The van der Waals surface area contributed by atoms with E-state index in [1.807, 2.05) is 12.1 Å². The van der Waals surface area contributed by atoms with Crippen LogP contribution in [0.2, 0.25) is 0 Å². The number of carbonyl (C=O) groups is 1. The maximum Gasteiger partial charge on any atom is 0.225 e. The molecular weight excluding hydrogens is 240 g/mol. The van der Waals surface area contributed by atoms with Gasteiger partial charge in [-0.25, -0.2) is 4.98 Å². The second kappa shape index (κ2) is 7.09. The number of aromatic nitrogens is 1. The summed E-state index contributed by atoms with van der Waals surface area (Å²) in [6.07, 6.45) is 7.14. The van der Waals surface area contributed by atoms with E-state index in [1.165, 1.54) is 25.7 Å². The lowest BCUT2D eigenvalue weighted by Gasteiger charge is -2.21. The third-order valence-electron chi connectivity index (χ3n) is 3.33. The molecule has 1 aliphatic heterocycles. The number of pyridine rings is 1. The molecule has 19 heavy (non-hydrogen) atoms. The van der Waals surface area contributed by atoms with E-state index in [2.05, 4.69) is 15.2 Å². The van der Waals surface area contributed by atoms with Gasteiger partial charge < -0.3 is 16.0 Å². The molecule has 0 unspecified atom stereocenters. The number of amides is 1. The Bertz CT molecular complexity index is 396. The quantitative estimate of drug-likeness (QED) is 0.867. The van der Waals surface area contributed by atoms with Crippen LogP contribution in [0.15, 0.2) is 18.3 Å². The molecule has 0 atom stereocenters. The first-order valence-corrected chi connectivity index (χ1v) is 7.00. The van der Waals surface area contributed by atoms with Crippen LogP contribution in [0, 0.1) is 0 Å². The zero-order chi connectivity index (χ0) is 13.5. The summed E-state index contributed by atoms with van der Waals surface area (Å²) in [5.41, 5.74) is 6.07. The van der Waals surface area contributed by atoms with Crippen LogP contribution >= 0.6 is 0 Å². The van der Waals surface area contributed by atoms with Gasteiger partial charge in [-0.2, -0.15) is 0 Å². The fourth-order valence-corrected chi connectivity index (χ4v) is 2.30. The molecule has 3 N–H and O–H groups in total. The van der Waals surface area contributed by atoms with Gasteiger partial charge in [-0.15, -0.1) is 0 Å². The molecule has 2 rings (SSSR count). The van der Waals surface area contributed by atoms with E-state index in [0.717, 1.165) is 24.6 Å². The Balaban J connectivity index is 1.95. The maximum absolute atomic E-state index is 11.4. The molecule has 1 amide bonds. The van der Waals surface area contributed by atoms with Gasteiger partial charge in [-0.3, -0.25) is 4.79 Å². The molecule has 1 aromatic rings. The predicted molar refractivity (Wildman–Crippen MR) is 77.2 cm³/mol. The highest BCUT2D eigenvalue weighted by Crippen LogP contribution is 2.18. The van der Waals surface area contributed by atoms with Gasteiger partial charge in [0, 0.05) is 26.1 Å². The Morgan fingerprint density at radius 3 is 2.58 bits per heavy atom. The van der Waals surface area contributed by atoms with Gasteiger partial charge in [-0.05, 0) is 25.0 Å². The van der Waals surface area contributed by atoms with Gasteiger partial charge in [0.05, 0.1) is 11.9 Å². The molecular formula is C14H22N4O. The van der Waals surface area contributed by atoms with Crippen LogP contribution in [0.5, 0.6) is 0 Å². The first-order chi connectivity index (χ1) is 9.29. The lowest BCUT2D eigenvalue weighted by atomic mass is 10.2. The molecule has 1 aliphatic rings. The Kier molecular flexibility index (Phi) is 5.15. The summed E-state index contributed by atoms with van der Waals surface area (Å²) in [5.74, 6) is 0.936. The van der Waals surface area contributed by atoms with Gasteiger partial charge in [0.1, 0.15) is 5.82 Å². The van der Waals surface area contributed by atoms with Crippen LogP contribution in [-0.2, 0) is 4.79 Å². The lowest BCUT2D eigenvalue weighted by molar-refractivity contribution is -0.116. The van der Waals surface area contributed by atoms with Gasteiger partial charge in [-0.1, -0.05) is 12.8 Å². The number of nitrogens with one attached hydrogen (secondary N) is 1. The molecule has 5 nitrogen and oxygen atoms in total. The fraction of sp³-hybridized carbons (Fsp3) is 0.571. The average Bonchev–Trinajstić information content (AvgIpc) is 2.69. The van der Waals surface area contributed by atoms with Crippen molar-refractivity contribution in [3.63, 3.8) is 0 Å². The van der Waals surface area contributed by atoms with Crippen molar-refractivity contribution < 1.29 is 4.79 Å². The second-order valence-electron chi connectivity index (χ2n) is 4.89. The average molecular weight is 262 g/mol. The minimum absolute atomic E-state index is 0.0631. The minimum atomic E-state index is -0.0631. The number of hydrogen-bond acceptors (Lipinski definition) is 4. The molecule has 1 saturated heterocycles. The Morgan fingerprint density at radius 1 is 1.26 bits per heavy atom. The lowest BCUT2D eigenvalue weighted by Crippen LogP contribution is -2.24. The summed E-state index contributed by atoms with van der Waals surface area (Å²) < 4.78 is 0. The van der Waals surface area contributed by atoms with E-state index in [-0.39, 0.29) is 5.91 Å². The van der Waals surface area contributed by atoms with E-state index in [0.29, 0.717) is 13.0 Å². The third-order valence-corrected chi connectivity index (χ3v) is 3.33. The van der Waals surface area contributed by atoms with Crippen molar-refractivity contribution in [2.75, 3.05) is 29.9 Å². The summed E-state index contributed by atoms with van der Waals surface area (Å²) in [5, 5.41) is 2.79. The predicted octanol–water partition coefficient (Wildman–Crippen LogP) is 1.75. The van der Waals surface area contributed by atoms with Crippen molar-refractivity contribution in [1.29, 1.82) is 0 Å². The van der Waals surface area contributed by atoms with Gasteiger partial charge in [0.2, 0.25) is 5.91 Å². The van der Waals surface area contributed by atoms with Crippen LogP contribution in [0.3, 0.4) is 0 Å². The fourth-order valence-electron chi connectivity index (χ4n) is 2.30. The Hall–Kier alpha value is -1.62. The summed E-state index contributed by atoms with van der Waals surface area (Å²) in [7, 11) is 0. The molecule has 0 spiro atoms. The van der Waals surface area contributed by atoms with Crippen molar-refractivity contribution in [3.05, 3.63) is 18.3 Å². The molecule has 0 aromatic carbocycles. The van der Waals surface area contributed by atoms with Crippen LogP contribution in [-0.4, -0.2) is 30.5 Å². The number of nitrogens with two attached hydrogens (primary N) is 1. The summed E-state index contributed by atoms with van der Waals surface area (Å²) in [4.78, 5) is 18.2. The number of anilines is 2. The van der Waals surface area contributed by atoms with E-state index in [4.69, 9.17) is 5.73 Å². The van der Waals surface area contributed by atoms with Gasteiger partial charge >= 0.3 is 0 Å². The molecule has 0 radical (unpaired) electrons. The molecule has 1 aromatic heterocycles. The highest BCUT2D eigenvalue weighted by molar-refractivity contribution is 5.90. The zero-order valence-corrected chi connectivity index (χ0v) is 11.3. The summed E-state index contributed by atoms with van der Waals surface area (Å²) in [6, 6.07) is 3.88. The van der Waals surface area contributed by atoms with Crippen molar-refractivity contribution in [1.82, 2.24) is 4.98 Å². The third kappa shape index (κ3) is 4.21. The smallest absolute Gasteiger partial charge is 0.225 e. The van der Waals surface area contributed by atoms with Gasteiger partial charge in [0.15, 0.2) is 0 Å². The molecule has 104 valence electrons. The van der Waals surface area contributed by atoms with Crippen LogP contribution < -0.4 is 16.0 Å². The number of nitrogens with zero attached hydrogens (tertiary/aromatic N) is 2. The first-order valence-electron chi connectivity index (χ1n) is 7.00. The summed E-state index contributed by atoms with van der Waals surface area (Å²) in [6.45, 7) is 2.52. The van der Waals surface area contributed by atoms with Gasteiger partial charge in [0.25, 0.3) is 0 Å². The monoisotopic (exact) mass is 262 g/mol. The molecule has 5 heteroatoms. The minimum Gasteiger partial charge on any atom is -0.357 e. The van der Waals surface area contributed by atoms with Crippen LogP contribution in [0.4, 0.5) is 11.5 Å². The first kappa shape index (κ1) is 13.8. The Labute approximate surface area is 114 Å². The zero-order valence-electron chi connectivity index (χ0n) is 11.3. The molecule has 0 aliphatic carbocycles. The van der Waals surface area contributed by atoms with E-state index >= 15 is 0 Å². The second-order valence-corrected chi connectivity index (χ2v) is 4.89. The molecule has 1 fully saturated rings. The largest absolute Gasteiger partial charge is 0.357 e. The molecule has 0 bridgehead atoms. The summed E-state index contributed by atoms with van der Waals surface area (Å²) >= 11 is 0.